The molecule has 0 fully saturated rings. The van der Waals surface area contributed by atoms with Gasteiger partial charge in [-0.3, -0.25) is 4.79 Å². The van der Waals surface area contributed by atoms with Gasteiger partial charge in [-0.05, 0) is 30.2 Å². The van der Waals surface area contributed by atoms with Gasteiger partial charge in [0, 0.05) is 37.7 Å². The molecule has 1 aromatic heterocycles. The van der Waals surface area contributed by atoms with E-state index in [1.807, 2.05) is 54.6 Å². The first kappa shape index (κ1) is 18.5. The van der Waals surface area contributed by atoms with Gasteiger partial charge >= 0.3 is 5.63 Å². The van der Waals surface area contributed by atoms with Gasteiger partial charge in [-0.15, -0.1) is 0 Å². The quantitative estimate of drug-likeness (QED) is 0.395. The number of nitrogens with zero attached hydrogens (tertiary/aromatic N) is 1. The molecule has 0 bridgehead atoms. The molecule has 0 radical (unpaired) electrons. The van der Waals surface area contributed by atoms with E-state index in [0.29, 0.717) is 18.7 Å². The number of hydrogen-bond donors (Lipinski definition) is 1. The molecule has 5 heteroatoms. The highest BCUT2D eigenvalue weighted by Gasteiger charge is 2.06. The molecule has 3 rings (SSSR count). The van der Waals surface area contributed by atoms with Crippen molar-refractivity contribution >= 4 is 28.6 Å². The van der Waals surface area contributed by atoms with Crippen LogP contribution in [0.5, 0.6) is 0 Å². The lowest BCUT2D eigenvalue weighted by atomic mass is 10.2. The third-order valence-electron chi connectivity index (χ3n) is 4.23. The maximum Gasteiger partial charge on any atom is 0.338 e. The number of rotatable bonds is 7. The summed E-state index contributed by atoms with van der Waals surface area (Å²) < 4.78 is 5.19. The van der Waals surface area contributed by atoms with Crippen LogP contribution in [0.4, 0.5) is 5.69 Å². The van der Waals surface area contributed by atoms with Gasteiger partial charge in [-0.1, -0.05) is 42.5 Å². The highest BCUT2D eigenvalue weighted by molar-refractivity contribution is 5.91. The first-order valence-electron chi connectivity index (χ1n) is 8.88. The summed E-state index contributed by atoms with van der Waals surface area (Å²) in [6, 6.07) is 18.6. The van der Waals surface area contributed by atoms with Crippen molar-refractivity contribution < 1.29 is 9.21 Å². The van der Waals surface area contributed by atoms with E-state index in [9.17, 15) is 9.59 Å². The zero-order valence-corrected chi connectivity index (χ0v) is 15.2. The molecule has 0 unspecified atom stereocenters. The Morgan fingerprint density at radius 2 is 1.85 bits per heavy atom. The van der Waals surface area contributed by atoms with Gasteiger partial charge in [0.15, 0.2) is 0 Å². The van der Waals surface area contributed by atoms with Gasteiger partial charge in [-0.25, -0.2) is 4.79 Å². The number of fused-ring (bicyclic) bond motifs is 1. The van der Waals surface area contributed by atoms with Crippen molar-refractivity contribution in [2.24, 2.45) is 0 Å². The summed E-state index contributed by atoms with van der Waals surface area (Å²) in [4.78, 5) is 25.5. The van der Waals surface area contributed by atoms with Crippen LogP contribution in [0.2, 0.25) is 0 Å². The lowest BCUT2D eigenvalue weighted by Crippen LogP contribution is -2.27. The predicted octanol–water partition coefficient (Wildman–Crippen LogP) is 3.77. The summed E-state index contributed by atoms with van der Waals surface area (Å²) in [5, 5.41) is 4.13. The third kappa shape index (κ3) is 5.07. The van der Waals surface area contributed by atoms with Crippen LogP contribution in [0, 0.1) is 0 Å². The Morgan fingerprint density at radius 3 is 2.67 bits per heavy atom. The van der Waals surface area contributed by atoms with Crippen LogP contribution in [0.3, 0.4) is 0 Å². The number of benzene rings is 2. The van der Waals surface area contributed by atoms with Crippen molar-refractivity contribution in [1.82, 2.24) is 4.90 Å². The third-order valence-corrected chi connectivity index (χ3v) is 4.23. The molecule has 0 spiro atoms. The van der Waals surface area contributed by atoms with Crippen LogP contribution in [-0.4, -0.2) is 30.9 Å². The van der Waals surface area contributed by atoms with E-state index in [1.54, 1.807) is 24.1 Å². The number of likely N-dealkylation sites (N-methyl/N-ethyl adjacent to an activating group) is 1. The van der Waals surface area contributed by atoms with E-state index >= 15 is 0 Å². The zero-order valence-electron chi connectivity index (χ0n) is 15.2. The number of nitrogens with one attached hydrogen (secondary N) is 1. The van der Waals surface area contributed by atoms with Crippen molar-refractivity contribution in [2.45, 2.75) is 6.42 Å². The molecule has 27 heavy (non-hydrogen) atoms. The van der Waals surface area contributed by atoms with Gasteiger partial charge in [-0.2, -0.15) is 0 Å². The molecule has 5 nitrogen and oxygen atoms in total. The Kier molecular flexibility index (Phi) is 6.05. The molecule has 0 atom stereocenters. The SMILES string of the molecule is CN(CCCNc1cc(=O)oc2ccccc12)C(=O)/C=C/c1ccccc1. The molecular formula is C22H22N2O3. The minimum Gasteiger partial charge on any atom is -0.423 e. The maximum atomic E-state index is 12.2. The monoisotopic (exact) mass is 362 g/mol. The number of para-hydroxylation sites is 1. The van der Waals surface area contributed by atoms with Crippen LogP contribution in [-0.2, 0) is 4.79 Å². The van der Waals surface area contributed by atoms with E-state index < -0.39 is 0 Å². The van der Waals surface area contributed by atoms with Crippen molar-refractivity contribution in [3.05, 3.63) is 82.7 Å². The minimum atomic E-state index is -0.380. The number of carbonyl (C=O) groups excluding carboxylic acids is 1. The molecule has 0 aliphatic rings. The topological polar surface area (TPSA) is 62.6 Å². The Hall–Kier alpha value is -3.34. The largest absolute Gasteiger partial charge is 0.423 e. The Morgan fingerprint density at radius 1 is 1.11 bits per heavy atom. The Labute approximate surface area is 157 Å². The molecule has 1 heterocycles. The fourth-order valence-electron chi connectivity index (χ4n) is 2.77. The molecular weight excluding hydrogens is 340 g/mol. The van der Waals surface area contributed by atoms with E-state index in [2.05, 4.69) is 5.32 Å². The standard InChI is InChI=1S/C22H22N2O3/c1-24(21(25)13-12-17-8-3-2-4-9-17)15-7-14-23-19-16-22(26)27-20-11-6-5-10-18(19)20/h2-6,8-13,16,23H,7,14-15H2,1H3/b13-12+. The van der Waals surface area contributed by atoms with Crippen molar-refractivity contribution in [1.29, 1.82) is 0 Å². The fraction of sp³-hybridized carbons (Fsp3) is 0.182. The smallest absolute Gasteiger partial charge is 0.338 e. The number of hydrogen-bond acceptors (Lipinski definition) is 4. The second-order valence-electron chi connectivity index (χ2n) is 6.26. The predicted molar refractivity (Wildman–Crippen MR) is 109 cm³/mol. The average Bonchev–Trinajstić information content (AvgIpc) is 2.69. The van der Waals surface area contributed by atoms with E-state index in [0.717, 1.165) is 23.1 Å². The summed E-state index contributed by atoms with van der Waals surface area (Å²) >= 11 is 0. The van der Waals surface area contributed by atoms with Gasteiger partial charge in [0.25, 0.3) is 0 Å². The molecule has 1 amide bonds. The summed E-state index contributed by atoms with van der Waals surface area (Å²) in [6.45, 7) is 1.26. The highest BCUT2D eigenvalue weighted by Crippen LogP contribution is 2.20. The average molecular weight is 362 g/mol. The zero-order chi connectivity index (χ0) is 19.1. The number of carbonyl (C=O) groups is 1. The second kappa shape index (κ2) is 8.85. The molecule has 0 saturated heterocycles. The maximum absolute atomic E-state index is 12.2. The van der Waals surface area contributed by atoms with Gasteiger partial charge in [0.05, 0.1) is 5.69 Å². The number of amides is 1. The normalized spacial score (nSPS) is 11.0. The van der Waals surface area contributed by atoms with E-state index in [-0.39, 0.29) is 11.5 Å². The summed E-state index contributed by atoms with van der Waals surface area (Å²) in [6.07, 6.45) is 4.15. The summed E-state index contributed by atoms with van der Waals surface area (Å²) in [5.41, 5.74) is 1.93. The molecule has 138 valence electrons. The van der Waals surface area contributed by atoms with Gasteiger partial charge < -0.3 is 14.6 Å². The number of anilines is 1. The first-order valence-corrected chi connectivity index (χ1v) is 8.88. The lowest BCUT2D eigenvalue weighted by Gasteiger charge is -2.15. The fourth-order valence-corrected chi connectivity index (χ4v) is 2.77. The first-order chi connectivity index (χ1) is 13.1. The van der Waals surface area contributed by atoms with Crippen LogP contribution in [0.25, 0.3) is 17.0 Å². The molecule has 1 N–H and O–H groups in total. The molecule has 0 aliphatic heterocycles. The molecule has 2 aromatic carbocycles. The molecule has 0 saturated carbocycles. The van der Waals surface area contributed by atoms with Gasteiger partial charge in [0.1, 0.15) is 5.58 Å². The molecule has 0 aliphatic carbocycles. The second-order valence-corrected chi connectivity index (χ2v) is 6.26. The van der Waals surface area contributed by atoms with Crippen molar-refractivity contribution in [3.8, 4) is 0 Å². The van der Waals surface area contributed by atoms with Crippen molar-refractivity contribution in [3.63, 3.8) is 0 Å². The van der Waals surface area contributed by atoms with E-state index in [4.69, 9.17) is 4.42 Å². The van der Waals surface area contributed by atoms with E-state index in [1.165, 1.54) is 6.07 Å². The highest BCUT2D eigenvalue weighted by atomic mass is 16.4. The van der Waals surface area contributed by atoms with Crippen LogP contribution in [0.15, 0.2) is 76.0 Å². The van der Waals surface area contributed by atoms with Crippen LogP contribution in [0.1, 0.15) is 12.0 Å². The minimum absolute atomic E-state index is 0.0374. The Bertz CT molecular complexity index is 993. The van der Waals surface area contributed by atoms with Crippen molar-refractivity contribution in [2.75, 3.05) is 25.5 Å². The van der Waals surface area contributed by atoms with Crippen LogP contribution < -0.4 is 10.9 Å². The Balaban J connectivity index is 1.51. The van der Waals surface area contributed by atoms with Crippen LogP contribution >= 0.6 is 0 Å². The van der Waals surface area contributed by atoms with Gasteiger partial charge in [0.2, 0.25) is 5.91 Å². The molecule has 3 aromatic rings. The lowest BCUT2D eigenvalue weighted by molar-refractivity contribution is -0.124. The summed E-state index contributed by atoms with van der Waals surface area (Å²) in [5.74, 6) is -0.0374. The summed E-state index contributed by atoms with van der Waals surface area (Å²) in [7, 11) is 1.78.